The molecule has 1 aromatic carbocycles. The topological polar surface area (TPSA) is 87.1 Å². The first kappa shape index (κ1) is 18.7. The van der Waals surface area contributed by atoms with Crippen molar-refractivity contribution in [2.24, 2.45) is 0 Å². The monoisotopic (exact) mass is 414 g/mol. The van der Waals surface area contributed by atoms with Gasteiger partial charge in [0.2, 0.25) is 5.89 Å². The van der Waals surface area contributed by atoms with E-state index in [9.17, 15) is 0 Å². The van der Waals surface area contributed by atoms with Crippen LogP contribution in [0.15, 0.2) is 44.4 Å². The van der Waals surface area contributed by atoms with Crippen LogP contribution < -0.4 is 4.74 Å². The molecule has 0 spiro atoms. The van der Waals surface area contributed by atoms with Gasteiger partial charge in [-0.25, -0.2) is 0 Å². The van der Waals surface area contributed by atoms with Gasteiger partial charge in [-0.1, -0.05) is 30.8 Å². The molecule has 4 rings (SSSR count). The molecule has 0 aliphatic heterocycles. The van der Waals surface area contributed by atoms with Gasteiger partial charge in [0.25, 0.3) is 17.0 Å². The molecule has 28 heavy (non-hydrogen) atoms. The minimum absolute atomic E-state index is 0.410. The second-order valence-electron chi connectivity index (χ2n) is 5.93. The van der Waals surface area contributed by atoms with Crippen molar-refractivity contribution in [1.82, 2.24) is 20.4 Å². The number of thioether (sulfide) groups is 1. The highest BCUT2D eigenvalue weighted by Crippen LogP contribution is 2.33. The van der Waals surface area contributed by atoms with Crippen molar-refractivity contribution in [3.05, 3.63) is 46.7 Å². The number of rotatable bonds is 7. The molecule has 0 aliphatic carbocycles. The smallest absolute Gasteiger partial charge is 0.277 e. The van der Waals surface area contributed by atoms with E-state index in [4.69, 9.17) is 13.6 Å². The summed E-state index contributed by atoms with van der Waals surface area (Å²) in [6.07, 6.45) is 0.999. The lowest BCUT2D eigenvalue weighted by atomic mass is 10.2. The molecule has 0 fully saturated rings. The average molecular weight is 415 g/mol. The molecule has 0 bridgehead atoms. The zero-order chi connectivity index (χ0) is 19.5. The first-order valence-electron chi connectivity index (χ1n) is 8.69. The van der Waals surface area contributed by atoms with Gasteiger partial charge in [-0.05, 0) is 37.1 Å². The standard InChI is InChI=1S/C19H18N4O3S2/c1-4-14-11(2)9-15(28-14)18-22-20-16(25-18)10-27-19-23-21-17(26-19)12-7-5-6-8-13(12)24-3/h5-9H,4,10H2,1-3H3. The lowest BCUT2D eigenvalue weighted by Crippen LogP contribution is -1.87. The third-order valence-electron chi connectivity index (χ3n) is 4.08. The Balaban J connectivity index is 1.44. The zero-order valence-electron chi connectivity index (χ0n) is 15.6. The van der Waals surface area contributed by atoms with Gasteiger partial charge in [0.1, 0.15) is 5.75 Å². The highest BCUT2D eigenvalue weighted by molar-refractivity contribution is 7.98. The Kier molecular flexibility index (Phi) is 5.45. The maximum atomic E-state index is 5.79. The first-order valence-corrected chi connectivity index (χ1v) is 10.5. The lowest BCUT2D eigenvalue weighted by molar-refractivity contribution is 0.411. The van der Waals surface area contributed by atoms with Crippen LogP contribution in [0.2, 0.25) is 0 Å². The molecule has 0 radical (unpaired) electrons. The third kappa shape index (κ3) is 3.81. The number of aryl methyl sites for hydroxylation is 2. The summed E-state index contributed by atoms with van der Waals surface area (Å²) in [5, 5.41) is 16.9. The normalized spacial score (nSPS) is 11.1. The number of ether oxygens (including phenoxy) is 1. The maximum Gasteiger partial charge on any atom is 0.277 e. The number of thiophene rings is 1. The predicted molar refractivity (Wildman–Crippen MR) is 108 cm³/mol. The van der Waals surface area contributed by atoms with Crippen LogP contribution in [0, 0.1) is 6.92 Å². The van der Waals surface area contributed by atoms with E-state index in [2.05, 4.69) is 40.3 Å². The van der Waals surface area contributed by atoms with Gasteiger partial charge in [-0.3, -0.25) is 0 Å². The fourth-order valence-electron chi connectivity index (χ4n) is 2.71. The summed E-state index contributed by atoms with van der Waals surface area (Å²) in [7, 11) is 1.61. The van der Waals surface area contributed by atoms with Crippen LogP contribution in [-0.4, -0.2) is 27.5 Å². The molecule has 0 unspecified atom stereocenters. The molecular weight excluding hydrogens is 396 g/mol. The number of methoxy groups -OCH3 is 1. The van der Waals surface area contributed by atoms with E-state index in [1.54, 1.807) is 18.4 Å². The quantitative estimate of drug-likeness (QED) is 0.390. The van der Waals surface area contributed by atoms with Gasteiger partial charge in [0.05, 0.1) is 23.3 Å². The Hall–Kier alpha value is -2.65. The van der Waals surface area contributed by atoms with Crippen LogP contribution in [0.5, 0.6) is 5.75 Å². The van der Waals surface area contributed by atoms with Crippen molar-refractivity contribution < 1.29 is 13.6 Å². The van der Waals surface area contributed by atoms with Crippen LogP contribution in [0.1, 0.15) is 23.3 Å². The van der Waals surface area contributed by atoms with Gasteiger partial charge in [0.15, 0.2) is 0 Å². The van der Waals surface area contributed by atoms with Crippen molar-refractivity contribution in [3.8, 4) is 28.0 Å². The fraction of sp³-hybridized carbons (Fsp3) is 0.263. The zero-order valence-corrected chi connectivity index (χ0v) is 17.3. The number of benzene rings is 1. The Morgan fingerprint density at radius 1 is 1.07 bits per heavy atom. The van der Waals surface area contributed by atoms with E-state index >= 15 is 0 Å². The Morgan fingerprint density at radius 3 is 2.68 bits per heavy atom. The number of aromatic nitrogens is 4. The number of hydrogen-bond donors (Lipinski definition) is 0. The van der Waals surface area contributed by atoms with Gasteiger partial charge in [-0.15, -0.1) is 31.7 Å². The Morgan fingerprint density at radius 2 is 1.89 bits per heavy atom. The average Bonchev–Trinajstić information content (AvgIpc) is 3.45. The molecule has 3 aromatic heterocycles. The van der Waals surface area contributed by atoms with Gasteiger partial charge >= 0.3 is 0 Å². The van der Waals surface area contributed by atoms with Crippen molar-refractivity contribution in [2.45, 2.75) is 31.2 Å². The largest absolute Gasteiger partial charge is 0.496 e. The fourth-order valence-corrected chi connectivity index (χ4v) is 4.34. The highest BCUT2D eigenvalue weighted by atomic mass is 32.2. The second kappa shape index (κ2) is 8.15. The van der Waals surface area contributed by atoms with Crippen molar-refractivity contribution in [1.29, 1.82) is 0 Å². The molecular formula is C19H18N4O3S2. The molecule has 144 valence electrons. The van der Waals surface area contributed by atoms with Crippen molar-refractivity contribution in [3.63, 3.8) is 0 Å². The Bertz CT molecular complexity index is 1090. The van der Waals surface area contributed by atoms with Gasteiger partial charge in [0, 0.05) is 4.88 Å². The van der Waals surface area contributed by atoms with Gasteiger partial charge < -0.3 is 13.6 Å². The van der Waals surface area contributed by atoms with E-state index in [0.717, 1.165) is 16.9 Å². The third-order valence-corrected chi connectivity index (χ3v) is 6.25. The summed E-state index contributed by atoms with van der Waals surface area (Å²) < 4.78 is 16.9. The number of hydrogen-bond acceptors (Lipinski definition) is 9. The van der Waals surface area contributed by atoms with E-state index in [-0.39, 0.29) is 0 Å². The van der Waals surface area contributed by atoms with Crippen molar-refractivity contribution >= 4 is 23.1 Å². The molecule has 3 heterocycles. The summed E-state index contributed by atoms with van der Waals surface area (Å²) in [5.74, 6) is 2.60. The predicted octanol–water partition coefficient (Wildman–Crippen LogP) is 5.02. The van der Waals surface area contributed by atoms with Crippen LogP contribution >= 0.6 is 23.1 Å². The van der Waals surface area contributed by atoms with Crippen LogP contribution in [0.25, 0.3) is 22.2 Å². The summed E-state index contributed by atoms with van der Waals surface area (Å²) in [4.78, 5) is 2.33. The minimum Gasteiger partial charge on any atom is -0.496 e. The molecule has 0 N–H and O–H groups in total. The second-order valence-corrected chi connectivity index (χ2v) is 8.00. The number of nitrogens with zero attached hydrogens (tertiary/aromatic N) is 4. The van der Waals surface area contributed by atoms with E-state index in [1.165, 1.54) is 22.2 Å². The van der Waals surface area contributed by atoms with E-state index in [0.29, 0.717) is 34.4 Å². The SMILES string of the molecule is CCc1sc(-c2nnc(CSc3nnc(-c4ccccc4OC)o3)o2)cc1C. The van der Waals surface area contributed by atoms with Gasteiger partial charge in [-0.2, -0.15) is 0 Å². The van der Waals surface area contributed by atoms with Crippen molar-refractivity contribution in [2.75, 3.05) is 7.11 Å². The number of para-hydroxylation sites is 1. The van der Waals surface area contributed by atoms with Crippen LogP contribution in [0.4, 0.5) is 0 Å². The Labute approximate surface area is 170 Å². The van der Waals surface area contributed by atoms with Crippen LogP contribution in [-0.2, 0) is 12.2 Å². The molecule has 0 amide bonds. The van der Waals surface area contributed by atoms with Crippen LogP contribution in [0.3, 0.4) is 0 Å². The molecule has 0 saturated carbocycles. The summed E-state index contributed by atoms with van der Waals surface area (Å²) >= 11 is 3.04. The molecule has 0 atom stereocenters. The van der Waals surface area contributed by atoms with E-state index in [1.807, 2.05) is 24.3 Å². The molecule has 7 nitrogen and oxygen atoms in total. The first-order chi connectivity index (χ1) is 13.7. The summed E-state index contributed by atoms with van der Waals surface area (Å²) in [6, 6.07) is 9.60. The van der Waals surface area contributed by atoms with E-state index < -0.39 is 0 Å². The summed E-state index contributed by atoms with van der Waals surface area (Å²) in [5.41, 5.74) is 2.01. The molecule has 4 aromatic rings. The molecule has 9 heteroatoms. The lowest BCUT2D eigenvalue weighted by Gasteiger charge is -2.03. The minimum atomic E-state index is 0.410. The summed E-state index contributed by atoms with van der Waals surface area (Å²) in [6.45, 7) is 4.24. The molecule has 0 aliphatic rings. The highest BCUT2D eigenvalue weighted by Gasteiger charge is 2.16. The maximum absolute atomic E-state index is 5.79. The molecule has 0 saturated heterocycles.